The second kappa shape index (κ2) is 10.6. The number of nitrogens with two attached hydrogens (primary N) is 2. The van der Waals surface area contributed by atoms with E-state index in [4.69, 9.17) is 0 Å². The molecule has 4 N–H and O–H groups in total. The fourth-order valence-electron chi connectivity index (χ4n) is 0.224. The van der Waals surface area contributed by atoms with Gasteiger partial charge in [-0.15, -0.1) is 0 Å². The first-order chi connectivity index (χ1) is 3.81. The minimum absolute atomic E-state index is 1.16. The van der Waals surface area contributed by atoms with Gasteiger partial charge in [-0.25, -0.2) is 0 Å². The molecule has 3 nitrogen and oxygen atoms in total. The van der Waals surface area contributed by atoms with E-state index in [2.05, 4.69) is 49.6 Å². The molecule has 0 aliphatic rings. The van der Waals surface area contributed by atoms with E-state index >= 15 is 0 Å². The summed E-state index contributed by atoms with van der Waals surface area (Å²) in [6.45, 7) is 6.64. The smallest absolute Gasteiger partial charge is 0.274 e. The molecular weight excluding hydrogens is 138 g/mol. The Morgan fingerprint density at radius 2 is 1.50 bits per heavy atom. The molecule has 0 radical (unpaired) electrons. The van der Waals surface area contributed by atoms with Crippen LogP contribution in [0.2, 0.25) is 0 Å². The first kappa shape index (κ1) is 11.4. The second-order valence-electron chi connectivity index (χ2n) is 1.17. The molecule has 4 heteroatoms. The van der Waals surface area contributed by atoms with Crippen molar-refractivity contribution in [3.63, 3.8) is 0 Å². The van der Waals surface area contributed by atoms with Gasteiger partial charge in [-0.3, -0.25) is 11.7 Å². The fraction of sp³-hybridized carbons (Fsp3) is 1.00. The third-order valence-electron chi connectivity index (χ3n) is 0.763. The monoisotopic (exact) mass is 152 g/mol. The molecule has 0 aliphatic carbocycles. The topological polar surface area (TPSA) is 55.3 Å². The van der Waals surface area contributed by atoms with E-state index in [9.17, 15) is 0 Å². The van der Waals surface area contributed by atoms with Crippen LogP contribution in [0.3, 0.4) is 0 Å². The van der Waals surface area contributed by atoms with E-state index in [0.29, 0.717) is 0 Å². The van der Waals surface area contributed by atoms with Gasteiger partial charge in [0.1, 0.15) is 0 Å². The quantitative estimate of drug-likeness (QED) is 0.322. The van der Waals surface area contributed by atoms with Gasteiger partial charge < -0.3 is 0 Å². The summed E-state index contributed by atoms with van der Waals surface area (Å²) in [5, 5.41) is 0. The molecule has 0 spiro atoms. The number of nitrogens with zero attached hydrogens (tertiary/aromatic N) is 1. The van der Waals surface area contributed by atoms with Crippen LogP contribution in [0.25, 0.3) is 0 Å². The molecule has 49 valence electrons. The SMILES string of the molecule is CC[N]([Ti])CC.NN. The van der Waals surface area contributed by atoms with Gasteiger partial charge in [-0.2, -0.15) is 0 Å². The van der Waals surface area contributed by atoms with Crippen molar-refractivity contribution >= 4 is 0 Å². The van der Waals surface area contributed by atoms with Crippen LogP contribution in [0.15, 0.2) is 0 Å². The van der Waals surface area contributed by atoms with Gasteiger partial charge in [0.15, 0.2) is 0 Å². The molecule has 0 saturated heterocycles. The third-order valence-corrected chi connectivity index (χ3v) is 1.75. The number of rotatable bonds is 2. The first-order valence-corrected chi connectivity index (χ1v) is 3.30. The number of hydrazine groups is 1. The van der Waals surface area contributed by atoms with Crippen molar-refractivity contribution in [3.05, 3.63) is 0 Å². The van der Waals surface area contributed by atoms with Crippen LogP contribution in [0.5, 0.6) is 0 Å². The number of hydrogen-bond donors (Lipinski definition) is 2. The third kappa shape index (κ3) is 9.78. The second-order valence-corrected chi connectivity index (χ2v) is 2.16. The Bertz CT molecular complexity index is 30.5. The Labute approximate surface area is 63.1 Å². The Morgan fingerprint density at radius 3 is 1.50 bits per heavy atom. The van der Waals surface area contributed by atoms with E-state index in [1.165, 1.54) is 0 Å². The van der Waals surface area contributed by atoms with Crippen LogP contribution >= 0.6 is 0 Å². The minimum atomic E-state index is 1.16. The van der Waals surface area contributed by atoms with E-state index < -0.39 is 0 Å². The van der Waals surface area contributed by atoms with Crippen molar-refractivity contribution in [1.82, 2.24) is 3.38 Å². The predicted molar refractivity (Wildman–Crippen MR) is 31.3 cm³/mol. The van der Waals surface area contributed by atoms with Crippen LogP contribution in [0.4, 0.5) is 0 Å². The zero-order valence-electron chi connectivity index (χ0n) is 5.52. The van der Waals surface area contributed by atoms with Gasteiger partial charge in [0.25, 0.3) is 0 Å². The molecule has 8 heavy (non-hydrogen) atoms. The maximum Gasteiger partial charge on any atom is -0.274 e. The maximum atomic E-state index is 4.00. The molecule has 0 amide bonds. The van der Waals surface area contributed by atoms with Gasteiger partial charge in [-0.05, 0) is 0 Å². The average molecular weight is 152 g/mol. The molecule has 0 heterocycles. The summed E-state index contributed by atoms with van der Waals surface area (Å²) in [6.07, 6.45) is 0. The van der Waals surface area contributed by atoms with Crippen LogP contribution in [0.1, 0.15) is 13.8 Å². The van der Waals surface area contributed by atoms with Gasteiger partial charge in [-0.1, -0.05) is 0 Å². The summed E-state index contributed by atoms with van der Waals surface area (Å²) >= 11 is 2.11. The Morgan fingerprint density at radius 1 is 1.25 bits per heavy atom. The minimum Gasteiger partial charge on any atom is -0.274 e. The van der Waals surface area contributed by atoms with Crippen LogP contribution in [-0.4, -0.2) is 16.5 Å². The van der Waals surface area contributed by atoms with Gasteiger partial charge in [0.2, 0.25) is 0 Å². The summed E-state index contributed by atoms with van der Waals surface area (Å²) in [6, 6.07) is 0. The summed E-state index contributed by atoms with van der Waals surface area (Å²) in [7, 11) is 0. The number of hydrogen-bond acceptors (Lipinski definition) is 3. The van der Waals surface area contributed by atoms with Crippen molar-refractivity contribution in [2.45, 2.75) is 13.8 Å². The van der Waals surface area contributed by atoms with E-state index in [1.54, 1.807) is 0 Å². The van der Waals surface area contributed by atoms with Crippen molar-refractivity contribution in [2.24, 2.45) is 11.7 Å². The predicted octanol–water partition coefficient (Wildman–Crippen LogP) is -0.391. The Kier molecular flexibility index (Phi) is 15.0. The molecule has 0 aromatic rings. The summed E-state index contributed by atoms with van der Waals surface area (Å²) in [4.78, 5) is 0. The van der Waals surface area contributed by atoms with Crippen molar-refractivity contribution < 1.29 is 20.7 Å². The fourth-order valence-corrected chi connectivity index (χ4v) is 0.224. The molecule has 0 rings (SSSR count). The van der Waals surface area contributed by atoms with E-state index in [-0.39, 0.29) is 0 Å². The molecule has 0 saturated carbocycles. The zero-order valence-corrected chi connectivity index (χ0v) is 7.08. The van der Waals surface area contributed by atoms with Crippen LogP contribution in [-0.2, 0) is 20.7 Å². The zero-order chi connectivity index (χ0) is 6.99. The molecular formula is C4H14N3Ti. The largest absolute Gasteiger partial charge is 0.274 e. The normalized spacial score (nSPS) is 8.00. The summed E-state index contributed by atoms with van der Waals surface area (Å²) < 4.78 is 2.25. The van der Waals surface area contributed by atoms with Gasteiger partial charge >= 0.3 is 51.0 Å². The van der Waals surface area contributed by atoms with Crippen LogP contribution in [0, 0.1) is 0 Å². The van der Waals surface area contributed by atoms with E-state index in [1.807, 2.05) is 0 Å². The molecule has 0 aromatic carbocycles. The maximum absolute atomic E-state index is 4.00. The van der Waals surface area contributed by atoms with Crippen molar-refractivity contribution in [1.29, 1.82) is 0 Å². The summed E-state index contributed by atoms with van der Waals surface area (Å²) in [5.41, 5.74) is 0. The van der Waals surface area contributed by atoms with Crippen LogP contribution < -0.4 is 11.7 Å². The molecule has 0 aromatic heterocycles. The molecule has 0 aliphatic heterocycles. The molecule has 0 bridgehead atoms. The average Bonchev–Trinajstić information content (AvgIpc) is 1.91. The first-order valence-electron chi connectivity index (χ1n) is 2.60. The standard InChI is InChI=1S/C4H10N.H4N2.Ti/c1-3-5-4-2;1-2;/h3-4H2,1-2H3;1-2H2;/q-1;;+1. The molecule has 0 unspecified atom stereocenters. The van der Waals surface area contributed by atoms with Crippen molar-refractivity contribution in [2.75, 3.05) is 13.1 Å². The van der Waals surface area contributed by atoms with Gasteiger partial charge in [0.05, 0.1) is 0 Å². The van der Waals surface area contributed by atoms with Crippen molar-refractivity contribution in [3.8, 4) is 0 Å². The summed E-state index contributed by atoms with van der Waals surface area (Å²) in [5.74, 6) is 8.00. The molecule has 0 atom stereocenters. The molecule has 0 fully saturated rings. The van der Waals surface area contributed by atoms with Gasteiger partial charge in [0, 0.05) is 0 Å². The Balaban J connectivity index is 0. The van der Waals surface area contributed by atoms with E-state index in [0.717, 1.165) is 13.1 Å². The Hall–Kier alpha value is 0.594.